The van der Waals surface area contributed by atoms with Gasteiger partial charge in [-0.15, -0.1) is 0 Å². The minimum Gasteiger partial charge on any atom is -0.490 e. The van der Waals surface area contributed by atoms with Gasteiger partial charge in [-0.1, -0.05) is 6.07 Å². The van der Waals surface area contributed by atoms with Crippen molar-refractivity contribution in [3.63, 3.8) is 0 Å². The Bertz CT molecular complexity index is 796. The number of imidazole rings is 1. The van der Waals surface area contributed by atoms with Crippen molar-refractivity contribution in [3.8, 4) is 5.75 Å². The summed E-state index contributed by atoms with van der Waals surface area (Å²) >= 11 is 0. The van der Waals surface area contributed by atoms with Gasteiger partial charge in [0.25, 0.3) is 0 Å². The standard InChI is InChI=1S/C16H16N4O/c1-12-3-4-14-15(9-12)21-8-7-19(14)11-13-10-18-16-17-5-2-6-20(13)16/h2-6,9-10H,7-8,11H2,1H3. The van der Waals surface area contributed by atoms with Crippen LogP contribution in [0.1, 0.15) is 11.3 Å². The summed E-state index contributed by atoms with van der Waals surface area (Å²) in [6.45, 7) is 4.47. The number of rotatable bonds is 2. The molecule has 5 heteroatoms. The molecule has 0 N–H and O–H groups in total. The third-order valence-corrected chi connectivity index (χ3v) is 3.79. The number of ether oxygens (including phenoxy) is 1. The first kappa shape index (κ1) is 12.2. The highest BCUT2D eigenvalue weighted by Crippen LogP contribution is 2.33. The van der Waals surface area contributed by atoms with E-state index < -0.39 is 0 Å². The van der Waals surface area contributed by atoms with Gasteiger partial charge in [-0.3, -0.25) is 4.40 Å². The first-order valence-corrected chi connectivity index (χ1v) is 7.06. The van der Waals surface area contributed by atoms with E-state index in [-0.39, 0.29) is 0 Å². The van der Waals surface area contributed by atoms with Crippen LogP contribution in [0.4, 0.5) is 5.69 Å². The molecule has 0 saturated carbocycles. The summed E-state index contributed by atoms with van der Waals surface area (Å²) < 4.78 is 7.80. The monoisotopic (exact) mass is 280 g/mol. The fourth-order valence-electron chi connectivity index (χ4n) is 2.74. The van der Waals surface area contributed by atoms with E-state index in [1.165, 1.54) is 5.56 Å². The Labute approximate surface area is 122 Å². The zero-order chi connectivity index (χ0) is 14.2. The number of aryl methyl sites for hydroxylation is 1. The third-order valence-electron chi connectivity index (χ3n) is 3.79. The van der Waals surface area contributed by atoms with Gasteiger partial charge in [0.15, 0.2) is 0 Å². The minimum atomic E-state index is 0.714. The molecule has 4 rings (SSSR count). The number of fused-ring (bicyclic) bond motifs is 2. The molecule has 1 aliphatic rings. The van der Waals surface area contributed by atoms with E-state index in [9.17, 15) is 0 Å². The van der Waals surface area contributed by atoms with Crippen LogP contribution in [0.2, 0.25) is 0 Å². The quantitative estimate of drug-likeness (QED) is 0.723. The van der Waals surface area contributed by atoms with E-state index in [1.807, 2.05) is 22.9 Å². The minimum absolute atomic E-state index is 0.714. The Morgan fingerprint density at radius 3 is 3.19 bits per heavy atom. The van der Waals surface area contributed by atoms with Crippen LogP contribution in [0.5, 0.6) is 5.75 Å². The molecule has 3 heterocycles. The van der Waals surface area contributed by atoms with E-state index in [4.69, 9.17) is 4.74 Å². The second-order valence-electron chi connectivity index (χ2n) is 5.28. The maximum atomic E-state index is 5.76. The van der Waals surface area contributed by atoms with E-state index in [0.29, 0.717) is 6.61 Å². The van der Waals surface area contributed by atoms with Crippen LogP contribution in [0.3, 0.4) is 0 Å². The molecule has 0 atom stereocenters. The molecule has 5 nitrogen and oxygen atoms in total. The van der Waals surface area contributed by atoms with Crippen molar-refractivity contribution >= 4 is 11.5 Å². The molecule has 106 valence electrons. The molecule has 0 aliphatic carbocycles. The molecule has 3 aromatic rings. The molecule has 21 heavy (non-hydrogen) atoms. The molecule has 0 bridgehead atoms. The second-order valence-corrected chi connectivity index (χ2v) is 5.28. The molecule has 0 unspecified atom stereocenters. The van der Waals surface area contributed by atoms with E-state index in [2.05, 4.69) is 40.0 Å². The Morgan fingerprint density at radius 1 is 1.29 bits per heavy atom. The van der Waals surface area contributed by atoms with Crippen molar-refractivity contribution in [2.75, 3.05) is 18.1 Å². The van der Waals surface area contributed by atoms with Gasteiger partial charge in [-0.25, -0.2) is 9.97 Å². The lowest BCUT2D eigenvalue weighted by Crippen LogP contribution is -2.32. The van der Waals surface area contributed by atoms with Crippen LogP contribution >= 0.6 is 0 Å². The van der Waals surface area contributed by atoms with E-state index in [1.54, 1.807) is 6.20 Å². The molecular weight excluding hydrogens is 264 g/mol. The van der Waals surface area contributed by atoms with E-state index >= 15 is 0 Å². The van der Waals surface area contributed by atoms with Gasteiger partial charge < -0.3 is 9.64 Å². The van der Waals surface area contributed by atoms with Crippen molar-refractivity contribution < 1.29 is 4.74 Å². The number of hydrogen-bond donors (Lipinski definition) is 0. The number of aromatic nitrogens is 3. The summed E-state index contributed by atoms with van der Waals surface area (Å²) in [4.78, 5) is 10.9. The molecule has 1 aliphatic heterocycles. The summed E-state index contributed by atoms with van der Waals surface area (Å²) in [5.41, 5.74) is 3.49. The third kappa shape index (κ3) is 2.11. The molecule has 0 radical (unpaired) electrons. The summed E-state index contributed by atoms with van der Waals surface area (Å²) in [7, 11) is 0. The van der Waals surface area contributed by atoms with Crippen molar-refractivity contribution in [1.29, 1.82) is 0 Å². The van der Waals surface area contributed by atoms with Gasteiger partial charge in [0.05, 0.1) is 30.7 Å². The van der Waals surface area contributed by atoms with Crippen molar-refractivity contribution in [2.45, 2.75) is 13.5 Å². The largest absolute Gasteiger partial charge is 0.490 e. The van der Waals surface area contributed by atoms with Gasteiger partial charge in [0.1, 0.15) is 12.4 Å². The van der Waals surface area contributed by atoms with Crippen LogP contribution in [0, 0.1) is 6.92 Å². The number of anilines is 1. The summed E-state index contributed by atoms with van der Waals surface area (Å²) in [5, 5.41) is 0. The molecule has 0 spiro atoms. The fourth-order valence-corrected chi connectivity index (χ4v) is 2.74. The fraction of sp³-hybridized carbons (Fsp3) is 0.250. The lowest BCUT2D eigenvalue weighted by atomic mass is 10.1. The Morgan fingerprint density at radius 2 is 2.24 bits per heavy atom. The predicted molar refractivity (Wildman–Crippen MR) is 80.7 cm³/mol. The summed E-state index contributed by atoms with van der Waals surface area (Å²) in [6.07, 6.45) is 5.66. The highest BCUT2D eigenvalue weighted by atomic mass is 16.5. The summed E-state index contributed by atoms with van der Waals surface area (Å²) in [6, 6.07) is 8.27. The topological polar surface area (TPSA) is 42.7 Å². The smallest absolute Gasteiger partial charge is 0.233 e. The summed E-state index contributed by atoms with van der Waals surface area (Å²) in [5.74, 6) is 1.71. The molecular formula is C16H16N4O. The van der Waals surface area contributed by atoms with Gasteiger partial charge in [-0.05, 0) is 30.7 Å². The maximum absolute atomic E-state index is 5.76. The van der Waals surface area contributed by atoms with Crippen molar-refractivity contribution in [1.82, 2.24) is 14.4 Å². The zero-order valence-electron chi connectivity index (χ0n) is 11.9. The van der Waals surface area contributed by atoms with Gasteiger partial charge >= 0.3 is 0 Å². The molecule has 1 aromatic carbocycles. The van der Waals surface area contributed by atoms with Gasteiger partial charge in [0.2, 0.25) is 5.78 Å². The Kier molecular flexibility index (Phi) is 2.77. The molecule has 0 fully saturated rings. The van der Waals surface area contributed by atoms with Crippen molar-refractivity contribution in [3.05, 3.63) is 54.1 Å². The predicted octanol–water partition coefficient (Wildman–Crippen LogP) is 2.44. The van der Waals surface area contributed by atoms with Crippen LogP contribution in [0.15, 0.2) is 42.9 Å². The van der Waals surface area contributed by atoms with Crippen molar-refractivity contribution in [2.24, 2.45) is 0 Å². The number of nitrogens with zero attached hydrogens (tertiary/aromatic N) is 4. The van der Waals surface area contributed by atoms with Crippen LogP contribution < -0.4 is 9.64 Å². The average molecular weight is 280 g/mol. The number of benzene rings is 1. The lowest BCUT2D eigenvalue weighted by Gasteiger charge is -2.31. The van der Waals surface area contributed by atoms with Gasteiger partial charge in [0, 0.05) is 12.4 Å². The van der Waals surface area contributed by atoms with E-state index in [0.717, 1.165) is 36.0 Å². The molecule has 2 aromatic heterocycles. The Hall–Kier alpha value is -2.56. The van der Waals surface area contributed by atoms with Gasteiger partial charge in [-0.2, -0.15) is 0 Å². The Balaban J connectivity index is 1.70. The lowest BCUT2D eigenvalue weighted by molar-refractivity contribution is 0.306. The van der Waals surface area contributed by atoms with Crippen LogP contribution in [-0.4, -0.2) is 27.5 Å². The number of hydrogen-bond acceptors (Lipinski definition) is 4. The SMILES string of the molecule is Cc1ccc2c(c1)OCCN2Cc1cnc2ncccn12. The normalized spacial score (nSPS) is 14.0. The first-order chi connectivity index (χ1) is 10.3. The highest BCUT2D eigenvalue weighted by Gasteiger charge is 2.19. The second kappa shape index (κ2) is 4.77. The first-order valence-electron chi connectivity index (χ1n) is 7.06. The van der Waals surface area contributed by atoms with Crippen LogP contribution in [-0.2, 0) is 6.54 Å². The maximum Gasteiger partial charge on any atom is 0.233 e. The highest BCUT2D eigenvalue weighted by molar-refractivity contribution is 5.61. The molecule has 0 saturated heterocycles. The zero-order valence-corrected chi connectivity index (χ0v) is 11.9. The average Bonchev–Trinajstić information content (AvgIpc) is 2.91. The molecule has 0 amide bonds. The van der Waals surface area contributed by atoms with Crippen LogP contribution in [0.25, 0.3) is 5.78 Å².